The number of amides is 2. The molecule has 0 atom stereocenters. The Balaban J connectivity index is 1.44. The van der Waals surface area contributed by atoms with Gasteiger partial charge in [-0.2, -0.15) is 0 Å². The molecule has 4 N–H and O–H groups in total. The number of carbonyl (C=O) groups excluding carboxylic acids is 2. The van der Waals surface area contributed by atoms with Gasteiger partial charge in [0.05, 0.1) is 11.7 Å². The van der Waals surface area contributed by atoms with Gasteiger partial charge in [0.25, 0.3) is 5.56 Å². The van der Waals surface area contributed by atoms with Crippen LogP contribution in [0, 0.1) is 25.1 Å². The molecule has 5 rings (SSSR count). The van der Waals surface area contributed by atoms with Crippen molar-refractivity contribution >= 4 is 11.8 Å². The highest BCUT2D eigenvalue weighted by atomic mass is 19.1. The first kappa shape index (κ1) is 31.3. The van der Waals surface area contributed by atoms with Crippen LogP contribution in [-0.2, 0) is 22.2 Å². The third-order valence-corrected chi connectivity index (χ3v) is 8.76. The Morgan fingerprint density at radius 2 is 1.66 bits per heavy atom. The van der Waals surface area contributed by atoms with Gasteiger partial charge in [-0.15, -0.1) is 0 Å². The smallest absolute Gasteiger partial charge is 0.254 e. The maximum absolute atomic E-state index is 14.0. The summed E-state index contributed by atoms with van der Waals surface area (Å²) in [6.07, 6.45) is 4.99. The second-order valence-corrected chi connectivity index (χ2v) is 12.8. The molecule has 0 unspecified atom stereocenters. The van der Waals surface area contributed by atoms with E-state index in [1.165, 1.54) is 22.8 Å². The van der Waals surface area contributed by atoms with Crippen LogP contribution in [0.3, 0.4) is 0 Å². The summed E-state index contributed by atoms with van der Waals surface area (Å²) < 4.78 is 28.4. The molecule has 2 aliphatic carbocycles. The van der Waals surface area contributed by atoms with E-state index in [1.807, 2.05) is 6.07 Å². The van der Waals surface area contributed by atoms with E-state index in [1.54, 1.807) is 53.1 Å². The predicted octanol–water partition coefficient (Wildman–Crippen LogP) is 4.90. The molecule has 0 saturated heterocycles. The van der Waals surface area contributed by atoms with Crippen molar-refractivity contribution in [2.75, 3.05) is 0 Å². The van der Waals surface area contributed by atoms with Crippen molar-refractivity contribution in [1.29, 1.82) is 0 Å². The molecule has 234 valence electrons. The minimum atomic E-state index is -1.16. The molecule has 2 saturated carbocycles. The highest BCUT2D eigenvalue weighted by Crippen LogP contribution is 2.46. The maximum atomic E-state index is 14.0. The number of ether oxygens (including phenoxy) is 2. The van der Waals surface area contributed by atoms with E-state index in [-0.39, 0.29) is 29.4 Å². The SMILES string of the molecule is Cc1cc(F)cc(C)c1Oc1ccc(C(C)(C)O)cc1-c1cn(C)c(=O)cc1OC1CCC(NC(=O)C2(C(N)=O)CC2)CC1. The van der Waals surface area contributed by atoms with E-state index >= 15 is 0 Å². The van der Waals surface area contributed by atoms with E-state index in [4.69, 9.17) is 15.2 Å². The Labute approximate surface area is 256 Å². The number of rotatable bonds is 9. The summed E-state index contributed by atoms with van der Waals surface area (Å²) in [7, 11) is 1.65. The van der Waals surface area contributed by atoms with Gasteiger partial charge in [-0.3, -0.25) is 14.4 Å². The lowest BCUT2D eigenvalue weighted by molar-refractivity contribution is -0.136. The van der Waals surface area contributed by atoms with E-state index in [2.05, 4.69) is 5.32 Å². The highest BCUT2D eigenvalue weighted by molar-refractivity contribution is 6.07. The number of carbonyl (C=O) groups is 2. The molecular formula is C34H40FN3O6. The first-order valence-corrected chi connectivity index (χ1v) is 15.0. The Morgan fingerprint density at radius 3 is 2.23 bits per heavy atom. The molecule has 1 heterocycles. The van der Waals surface area contributed by atoms with Crippen molar-refractivity contribution < 1.29 is 28.6 Å². The molecule has 2 aliphatic rings. The third kappa shape index (κ3) is 6.36. The van der Waals surface area contributed by atoms with Gasteiger partial charge in [0.15, 0.2) is 0 Å². The van der Waals surface area contributed by atoms with E-state index in [0.29, 0.717) is 83.6 Å². The Morgan fingerprint density at radius 1 is 1.02 bits per heavy atom. The molecule has 1 aromatic heterocycles. The molecule has 2 fully saturated rings. The normalized spacial score (nSPS) is 19.2. The molecule has 10 heteroatoms. The fraction of sp³-hybridized carbons (Fsp3) is 0.441. The molecular weight excluding hydrogens is 565 g/mol. The van der Waals surface area contributed by atoms with Crippen LogP contribution < -0.4 is 26.1 Å². The highest BCUT2D eigenvalue weighted by Gasteiger charge is 2.55. The lowest BCUT2D eigenvalue weighted by Gasteiger charge is -2.31. The zero-order valence-electron chi connectivity index (χ0n) is 25.8. The second kappa shape index (κ2) is 11.7. The van der Waals surface area contributed by atoms with Crippen molar-refractivity contribution in [2.45, 2.75) is 84.0 Å². The number of nitrogens with zero attached hydrogens (tertiary/aromatic N) is 1. The van der Waals surface area contributed by atoms with Crippen LogP contribution in [0.2, 0.25) is 0 Å². The molecule has 2 aromatic carbocycles. The maximum Gasteiger partial charge on any atom is 0.254 e. The standard InChI is InChI=1S/C34H40FN3O6/c1-19-14-22(35)15-20(2)30(19)44-27-11-6-21(33(3,4)42)16-25(27)26-18-38(5)29(39)17-28(26)43-24-9-7-23(8-10-24)37-32(41)34(12-13-34)31(36)40/h6,11,14-18,23-24,42H,7-10,12-13H2,1-5H3,(H2,36,40)(H,37,41). The Kier molecular flexibility index (Phi) is 8.33. The summed E-state index contributed by atoms with van der Waals surface area (Å²) >= 11 is 0. The van der Waals surface area contributed by atoms with Crippen LogP contribution in [0.1, 0.15) is 69.1 Å². The minimum absolute atomic E-state index is 0.0899. The van der Waals surface area contributed by atoms with E-state index in [9.17, 15) is 23.9 Å². The molecule has 0 aliphatic heterocycles. The summed E-state index contributed by atoms with van der Waals surface area (Å²) in [6, 6.07) is 9.52. The number of aliphatic hydroxyl groups is 1. The molecule has 9 nitrogen and oxygen atoms in total. The van der Waals surface area contributed by atoms with Gasteiger partial charge in [-0.25, -0.2) is 4.39 Å². The Bertz CT molecular complexity index is 1640. The molecule has 44 heavy (non-hydrogen) atoms. The molecule has 0 spiro atoms. The van der Waals surface area contributed by atoms with Gasteiger partial charge in [-0.05, 0) is 107 Å². The summed E-state index contributed by atoms with van der Waals surface area (Å²) in [6.45, 7) is 6.91. The number of primary amides is 1. The molecule has 2 amide bonds. The van der Waals surface area contributed by atoms with E-state index < -0.39 is 16.9 Å². The lowest BCUT2D eigenvalue weighted by atomic mass is 9.91. The average Bonchev–Trinajstić information content (AvgIpc) is 3.76. The van der Waals surface area contributed by atoms with Crippen LogP contribution in [0.5, 0.6) is 17.2 Å². The number of benzene rings is 2. The number of aromatic nitrogens is 1. The number of halogens is 1. The quantitative estimate of drug-likeness (QED) is 0.297. The van der Waals surface area contributed by atoms with Crippen LogP contribution in [-0.4, -0.2) is 33.6 Å². The first-order chi connectivity index (χ1) is 20.7. The summed E-state index contributed by atoms with van der Waals surface area (Å²) in [5.74, 6) is 0.111. The fourth-order valence-electron chi connectivity index (χ4n) is 5.83. The largest absolute Gasteiger partial charge is 0.490 e. The van der Waals surface area contributed by atoms with Crippen molar-refractivity contribution in [3.63, 3.8) is 0 Å². The first-order valence-electron chi connectivity index (χ1n) is 15.0. The summed E-state index contributed by atoms with van der Waals surface area (Å²) in [5, 5.41) is 13.8. The number of nitrogens with two attached hydrogens (primary N) is 1. The molecule has 3 aromatic rings. The van der Waals surface area contributed by atoms with Crippen molar-refractivity contribution in [3.05, 3.63) is 75.5 Å². The Hall–Kier alpha value is -4.18. The van der Waals surface area contributed by atoms with Gasteiger partial charge in [0.2, 0.25) is 11.8 Å². The third-order valence-electron chi connectivity index (χ3n) is 8.76. The number of aryl methyl sites for hydroxylation is 3. The van der Waals surface area contributed by atoms with Gasteiger partial charge in [0.1, 0.15) is 28.5 Å². The van der Waals surface area contributed by atoms with Crippen molar-refractivity contribution in [2.24, 2.45) is 18.2 Å². The molecule has 0 bridgehead atoms. The zero-order chi connectivity index (χ0) is 32.0. The molecule has 0 radical (unpaired) electrons. The van der Waals surface area contributed by atoms with Gasteiger partial charge >= 0.3 is 0 Å². The van der Waals surface area contributed by atoms with Gasteiger partial charge in [0, 0.05) is 36.5 Å². The van der Waals surface area contributed by atoms with Crippen LogP contribution in [0.15, 0.2) is 47.4 Å². The number of hydrogen-bond acceptors (Lipinski definition) is 6. The van der Waals surface area contributed by atoms with E-state index in [0.717, 1.165) is 0 Å². The van der Waals surface area contributed by atoms with Crippen molar-refractivity contribution in [3.8, 4) is 28.4 Å². The fourth-order valence-corrected chi connectivity index (χ4v) is 5.83. The van der Waals surface area contributed by atoms with Crippen LogP contribution in [0.25, 0.3) is 11.1 Å². The monoisotopic (exact) mass is 605 g/mol. The van der Waals surface area contributed by atoms with Crippen LogP contribution >= 0.6 is 0 Å². The summed E-state index contributed by atoms with van der Waals surface area (Å²) in [4.78, 5) is 37.2. The topological polar surface area (TPSA) is 133 Å². The lowest BCUT2D eigenvalue weighted by Crippen LogP contribution is -2.46. The summed E-state index contributed by atoms with van der Waals surface area (Å²) in [5.41, 5.74) is 6.06. The average molecular weight is 606 g/mol. The number of hydrogen-bond donors (Lipinski definition) is 3. The predicted molar refractivity (Wildman–Crippen MR) is 164 cm³/mol. The van der Waals surface area contributed by atoms with Gasteiger partial charge < -0.3 is 30.2 Å². The zero-order valence-corrected chi connectivity index (χ0v) is 25.8. The minimum Gasteiger partial charge on any atom is -0.490 e. The number of pyridine rings is 1. The number of nitrogens with one attached hydrogen (secondary N) is 1. The second-order valence-electron chi connectivity index (χ2n) is 12.8. The van der Waals surface area contributed by atoms with Crippen LogP contribution in [0.4, 0.5) is 4.39 Å². The van der Waals surface area contributed by atoms with Gasteiger partial charge in [-0.1, -0.05) is 6.07 Å². The van der Waals surface area contributed by atoms with Crippen molar-refractivity contribution in [1.82, 2.24) is 9.88 Å².